The van der Waals surface area contributed by atoms with E-state index in [0.29, 0.717) is 25.9 Å². The normalized spacial score (nSPS) is 12.7. The van der Waals surface area contributed by atoms with E-state index in [-0.39, 0.29) is 18.5 Å². The first-order valence-electron chi connectivity index (χ1n) is 32.1. The average molecular weight is 1000 g/mol. The Morgan fingerprint density at radius 3 is 1.08 bits per heavy atom. The first kappa shape index (κ1) is 69.3. The lowest BCUT2D eigenvalue weighted by Crippen LogP contribution is -2.45. The molecule has 0 aromatic heterocycles. The van der Waals surface area contributed by atoms with Crippen LogP contribution >= 0.6 is 0 Å². The van der Waals surface area contributed by atoms with E-state index in [1.807, 2.05) is 0 Å². The molecule has 0 fully saturated rings. The summed E-state index contributed by atoms with van der Waals surface area (Å²) in [5.74, 6) is -0.0385. The molecule has 0 bridgehead atoms. The number of esters is 1. The van der Waals surface area contributed by atoms with Crippen molar-refractivity contribution in [1.29, 1.82) is 0 Å². The van der Waals surface area contributed by atoms with Gasteiger partial charge in [0.2, 0.25) is 5.91 Å². The fourth-order valence-corrected chi connectivity index (χ4v) is 10.1. The third-order valence-electron chi connectivity index (χ3n) is 15.0. The number of ether oxygens (including phenoxy) is 1. The number of aliphatic hydroxyl groups excluding tert-OH is 2. The molecule has 0 aromatic carbocycles. The number of hydrogen-bond acceptors (Lipinski definition) is 5. The lowest BCUT2D eigenvalue weighted by atomic mass is 10.0. The van der Waals surface area contributed by atoms with Gasteiger partial charge in [-0.15, -0.1) is 0 Å². The van der Waals surface area contributed by atoms with Crippen LogP contribution < -0.4 is 5.32 Å². The molecule has 2 unspecified atom stereocenters. The maximum Gasteiger partial charge on any atom is 0.305 e. The van der Waals surface area contributed by atoms with Gasteiger partial charge < -0.3 is 20.3 Å². The number of aliphatic hydroxyl groups is 2. The molecule has 0 aliphatic heterocycles. The van der Waals surface area contributed by atoms with Crippen molar-refractivity contribution in [3.8, 4) is 0 Å². The molecule has 0 aromatic rings. The summed E-state index contributed by atoms with van der Waals surface area (Å²) in [5, 5.41) is 23.4. The van der Waals surface area contributed by atoms with E-state index in [9.17, 15) is 19.8 Å². The number of allylic oxidation sites excluding steroid dienone is 4. The molecule has 1 amide bonds. The fourth-order valence-electron chi connectivity index (χ4n) is 10.1. The zero-order valence-corrected chi connectivity index (χ0v) is 48.0. The number of carbonyl (C=O) groups is 2. The lowest BCUT2D eigenvalue weighted by Gasteiger charge is -2.22. The van der Waals surface area contributed by atoms with Crippen molar-refractivity contribution < 1.29 is 24.5 Å². The van der Waals surface area contributed by atoms with Crippen LogP contribution in [0.3, 0.4) is 0 Å². The summed E-state index contributed by atoms with van der Waals surface area (Å²) < 4.78 is 5.48. The highest BCUT2D eigenvalue weighted by Crippen LogP contribution is 2.18. The molecule has 71 heavy (non-hydrogen) atoms. The molecule has 2 atom stereocenters. The van der Waals surface area contributed by atoms with Crippen LogP contribution in [-0.4, -0.2) is 47.4 Å². The first-order valence-corrected chi connectivity index (χ1v) is 32.1. The Morgan fingerprint density at radius 2 is 0.704 bits per heavy atom. The van der Waals surface area contributed by atoms with Gasteiger partial charge in [0.1, 0.15) is 0 Å². The molecular formula is C65H125NO5. The maximum absolute atomic E-state index is 12.5. The molecule has 0 radical (unpaired) electrons. The Kier molecular flexibility index (Phi) is 59.5. The smallest absolute Gasteiger partial charge is 0.305 e. The van der Waals surface area contributed by atoms with Crippen molar-refractivity contribution in [2.45, 2.75) is 366 Å². The highest BCUT2D eigenvalue weighted by molar-refractivity contribution is 5.76. The molecule has 0 aliphatic carbocycles. The summed E-state index contributed by atoms with van der Waals surface area (Å²) in [6, 6.07) is -0.545. The van der Waals surface area contributed by atoms with Gasteiger partial charge in [-0.3, -0.25) is 9.59 Å². The van der Waals surface area contributed by atoms with Gasteiger partial charge in [0, 0.05) is 12.8 Å². The predicted molar refractivity (Wildman–Crippen MR) is 310 cm³/mol. The molecular weight excluding hydrogens is 875 g/mol. The molecule has 0 spiro atoms. The van der Waals surface area contributed by atoms with Gasteiger partial charge in [-0.05, 0) is 57.8 Å². The molecule has 3 N–H and O–H groups in total. The van der Waals surface area contributed by atoms with E-state index in [1.165, 1.54) is 270 Å². The summed E-state index contributed by atoms with van der Waals surface area (Å²) >= 11 is 0. The van der Waals surface area contributed by atoms with Crippen LogP contribution in [-0.2, 0) is 14.3 Å². The number of rotatable bonds is 60. The number of unbranched alkanes of at least 4 members (excludes halogenated alkanes) is 45. The third kappa shape index (κ3) is 57.5. The Hall–Kier alpha value is -1.66. The van der Waals surface area contributed by atoms with Crippen molar-refractivity contribution in [2.75, 3.05) is 13.2 Å². The van der Waals surface area contributed by atoms with Gasteiger partial charge in [-0.1, -0.05) is 308 Å². The van der Waals surface area contributed by atoms with Crippen molar-refractivity contribution in [2.24, 2.45) is 0 Å². The van der Waals surface area contributed by atoms with Gasteiger partial charge in [0.25, 0.3) is 0 Å². The maximum atomic E-state index is 12.5. The minimum atomic E-state index is -0.667. The number of hydrogen-bond donors (Lipinski definition) is 3. The van der Waals surface area contributed by atoms with Gasteiger partial charge in [0.05, 0.1) is 25.4 Å². The Morgan fingerprint density at radius 1 is 0.394 bits per heavy atom. The minimum Gasteiger partial charge on any atom is -0.466 e. The summed E-state index contributed by atoms with van der Waals surface area (Å²) in [4.78, 5) is 24.6. The van der Waals surface area contributed by atoms with E-state index < -0.39 is 12.1 Å². The summed E-state index contributed by atoms with van der Waals surface area (Å²) in [5.41, 5.74) is 0. The molecule has 6 nitrogen and oxygen atoms in total. The van der Waals surface area contributed by atoms with Crippen molar-refractivity contribution in [3.63, 3.8) is 0 Å². The standard InChI is InChI=1S/C65H125NO5/c1-3-5-7-9-11-13-15-17-19-21-23-26-29-33-37-41-45-49-53-57-63(68)62(61-67)66-64(69)58-54-50-46-42-38-34-30-27-24-22-25-28-32-36-40-44-48-52-56-60-71-65(70)59-55-51-47-43-39-35-31-20-18-16-14-12-10-8-6-4-2/h14,16,20,31,62-63,67-68H,3-13,15,17-19,21-30,32-61H2,1-2H3,(H,66,69)/b16-14-,31-20-. The van der Waals surface area contributed by atoms with Crippen LogP contribution in [0.5, 0.6) is 0 Å². The molecule has 0 saturated heterocycles. The highest BCUT2D eigenvalue weighted by Gasteiger charge is 2.20. The minimum absolute atomic E-state index is 0.00365. The average Bonchev–Trinajstić information content (AvgIpc) is 3.37. The van der Waals surface area contributed by atoms with Crippen molar-refractivity contribution >= 4 is 11.9 Å². The first-order chi connectivity index (χ1) is 35.0. The Bertz CT molecular complexity index is 1110. The van der Waals surface area contributed by atoms with Crippen molar-refractivity contribution in [1.82, 2.24) is 5.32 Å². The molecule has 420 valence electrons. The number of amides is 1. The highest BCUT2D eigenvalue weighted by atomic mass is 16.5. The lowest BCUT2D eigenvalue weighted by molar-refractivity contribution is -0.143. The van der Waals surface area contributed by atoms with Gasteiger partial charge in [0.15, 0.2) is 0 Å². The SMILES string of the molecule is CCCCCC/C=C\C/C=C\CCCCCCCC(=O)OCCCCCCCCCCCCCCCCCCCCCC(=O)NC(CO)C(O)CCCCCCCCCCCCCCCCCCCCC. The molecule has 0 heterocycles. The quantitative estimate of drug-likeness (QED) is 0.0320. The summed E-state index contributed by atoms with van der Waals surface area (Å²) in [7, 11) is 0. The van der Waals surface area contributed by atoms with E-state index in [1.54, 1.807) is 0 Å². The van der Waals surface area contributed by atoms with Gasteiger partial charge >= 0.3 is 5.97 Å². The number of nitrogens with one attached hydrogen (secondary N) is 1. The third-order valence-corrected chi connectivity index (χ3v) is 15.0. The molecule has 6 heteroatoms. The van der Waals surface area contributed by atoms with Crippen LogP contribution in [0, 0.1) is 0 Å². The van der Waals surface area contributed by atoms with Crippen molar-refractivity contribution in [3.05, 3.63) is 24.3 Å². The summed E-state index contributed by atoms with van der Waals surface area (Å²) in [6.07, 6.45) is 74.7. The van der Waals surface area contributed by atoms with E-state index in [4.69, 9.17) is 4.74 Å². The van der Waals surface area contributed by atoms with Crippen LogP contribution in [0.15, 0.2) is 24.3 Å². The van der Waals surface area contributed by atoms with Gasteiger partial charge in [-0.2, -0.15) is 0 Å². The zero-order valence-electron chi connectivity index (χ0n) is 48.0. The second-order valence-corrected chi connectivity index (χ2v) is 22.1. The van der Waals surface area contributed by atoms with E-state index in [0.717, 1.165) is 51.4 Å². The van der Waals surface area contributed by atoms with Gasteiger partial charge in [-0.25, -0.2) is 0 Å². The van der Waals surface area contributed by atoms with Crippen LogP contribution in [0.1, 0.15) is 354 Å². The summed E-state index contributed by atoms with van der Waals surface area (Å²) in [6.45, 7) is 4.95. The second kappa shape index (κ2) is 60.9. The monoisotopic (exact) mass is 1000 g/mol. The molecule has 0 saturated carbocycles. The molecule has 0 aliphatic rings. The van der Waals surface area contributed by atoms with E-state index >= 15 is 0 Å². The molecule has 0 rings (SSSR count). The fraction of sp³-hybridized carbons (Fsp3) is 0.908. The Labute approximate surface area is 443 Å². The topological polar surface area (TPSA) is 95.9 Å². The predicted octanol–water partition coefficient (Wildman–Crippen LogP) is 20.2. The second-order valence-electron chi connectivity index (χ2n) is 22.1. The zero-order chi connectivity index (χ0) is 51.4. The van der Waals surface area contributed by atoms with Crippen LogP contribution in [0.2, 0.25) is 0 Å². The largest absolute Gasteiger partial charge is 0.466 e. The van der Waals surface area contributed by atoms with E-state index in [2.05, 4.69) is 43.5 Å². The van der Waals surface area contributed by atoms with Crippen LogP contribution in [0.4, 0.5) is 0 Å². The van der Waals surface area contributed by atoms with Crippen LogP contribution in [0.25, 0.3) is 0 Å². The Balaban J connectivity index is 3.40. The number of carbonyl (C=O) groups excluding carboxylic acids is 2.